The Morgan fingerprint density at radius 3 is 2.89 bits per heavy atom. The number of nitrogens with one attached hydrogen (secondary N) is 3. The maximum atomic E-state index is 12.2. The third-order valence-electron chi connectivity index (χ3n) is 3.73. The van der Waals surface area contributed by atoms with E-state index in [1.807, 2.05) is 6.07 Å². The Kier molecular flexibility index (Phi) is 3.03. The molecule has 1 unspecified atom stereocenters. The Hall–Kier alpha value is -1.81. The minimum atomic E-state index is -0.0121. The first kappa shape index (κ1) is 12.2. The summed E-state index contributed by atoms with van der Waals surface area (Å²) in [6.07, 6.45) is 1.00. The van der Waals surface area contributed by atoms with Crippen molar-refractivity contribution < 1.29 is 4.79 Å². The summed E-state index contributed by atoms with van der Waals surface area (Å²) < 4.78 is 0. The maximum Gasteiger partial charge on any atom is 0.267 e. The molecule has 0 spiro atoms. The Balaban J connectivity index is 1.88. The fourth-order valence-corrected chi connectivity index (χ4v) is 2.76. The molecule has 19 heavy (non-hydrogen) atoms. The van der Waals surface area contributed by atoms with E-state index in [-0.39, 0.29) is 11.9 Å². The number of hydrogen-bond acceptors (Lipinski definition) is 2. The molecule has 1 aliphatic heterocycles. The van der Waals surface area contributed by atoms with Crippen LogP contribution < -0.4 is 10.6 Å². The van der Waals surface area contributed by atoms with Gasteiger partial charge >= 0.3 is 0 Å². The molecule has 0 bridgehead atoms. The van der Waals surface area contributed by atoms with Crippen molar-refractivity contribution in [2.45, 2.75) is 26.3 Å². The molecule has 3 rings (SSSR count). The van der Waals surface area contributed by atoms with Gasteiger partial charge in [-0.05, 0) is 50.1 Å². The normalized spacial score (nSPS) is 18.9. The summed E-state index contributed by atoms with van der Waals surface area (Å²) in [7, 11) is 0. The minimum absolute atomic E-state index is 0.0121. The van der Waals surface area contributed by atoms with Crippen LogP contribution >= 0.6 is 0 Å². The van der Waals surface area contributed by atoms with Gasteiger partial charge in [-0.3, -0.25) is 4.79 Å². The molecule has 1 fully saturated rings. The average Bonchev–Trinajstić information content (AvgIpc) is 2.97. The molecular formula is C15H19N3O. The van der Waals surface area contributed by atoms with Crippen LogP contribution in [0.5, 0.6) is 0 Å². The number of H-pyrrole nitrogens is 1. The van der Waals surface area contributed by atoms with Crippen LogP contribution in [-0.4, -0.2) is 30.0 Å². The predicted octanol–water partition coefficient (Wildman–Crippen LogP) is 1.88. The number of amides is 1. The first-order valence-electron chi connectivity index (χ1n) is 6.75. The first-order valence-corrected chi connectivity index (χ1v) is 6.75. The highest BCUT2D eigenvalue weighted by molar-refractivity contribution is 5.99. The van der Waals surface area contributed by atoms with E-state index in [2.05, 4.69) is 41.6 Å². The monoisotopic (exact) mass is 257 g/mol. The number of hydrogen-bond donors (Lipinski definition) is 3. The van der Waals surface area contributed by atoms with Crippen LogP contribution in [0.2, 0.25) is 0 Å². The lowest BCUT2D eigenvalue weighted by molar-refractivity contribution is 0.0936. The lowest BCUT2D eigenvalue weighted by Gasteiger charge is -2.09. The number of carbonyl (C=O) groups is 1. The topological polar surface area (TPSA) is 56.9 Å². The highest BCUT2D eigenvalue weighted by Crippen LogP contribution is 2.21. The third-order valence-corrected chi connectivity index (χ3v) is 3.73. The van der Waals surface area contributed by atoms with Crippen molar-refractivity contribution in [3.63, 3.8) is 0 Å². The average molecular weight is 257 g/mol. The smallest absolute Gasteiger partial charge is 0.267 e. The minimum Gasteiger partial charge on any atom is -0.351 e. The molecule has 1 amide bonds. The van der Waals surface area contributed by atoms with Gasteiger partial charge in [-0.2, -0.15) is 0 Å². The molecule has 0 radical (unpaired) electrons. The van der Waals surface area contributed by atoms with Crippen molar-refractivity contribution in [2.24, 2.45) is 0 Å². The lowest BCUT2D eigenvalue weighted by atomic mass is 10.1. The summed E-state index contributed by atoms with van der Waals surface area (Å²) in [6.45, 7) is 5.99. The summed E-state index contributed by atoms with van der Waals surface area (Å²) in [5.41, 5.74) is 4.09. The number of fused-ring (bicyclic) bond motifs is 1. The van der Waals surface area contributed by atoms with E-state index < -0.39 is 0 Å². The SMILES string of the molecule is Cc1cc(C)c2cc(C(=O)NC3CCNC3)[nH]c2c1. The van der Waals surface area contributed by atoms with Crippen LogP contribution in [-0.2, 0) is 0 Å². The Labute approximate surface area is 112 Å². The van der Waals surface area contributed by atoms with Gasteiger partial charge in [-0.15, -0.1) is 0 Å². The molecule has 4 heteroatoms. The predicted molar refractivity (Wildman–Crippen MR) is 76.5 cm³/mol. The summed E-state index contributed by atoms with van der Waals surface area (Å²) in [4.78, 5) is 15.4. The zero-order valence-electron chi connectivity index (χ0n) is 11.3. The Morgan fingerprint density at radius 2 is 2.16 bits per heavy atom. The van der Waals surface area contributed by atoms with Crippen molar-refractivity contribution >= 4 is 16.8 Å². The van der Waals surface area contributed by atoms with Gasteiger partial charge in [-0.1, -0.05) is 6.07 Å². The lowest BCUT2D eigenvalue weighted by Crippen LogP contribution is -2.36. The quantitative estimate of drug-likeness (QED) is 0.769. The molecule has 1 atom stereocenters. The molecule has 4 nitrogen and oxygen atoms in total. The van der Waals surface area contributed by atoms with Crippen LogP contribution in [0.1, 0.15) is 28.0 Å². The number of aromatic nitrogens is 1. The van der Waals surface area contributed by atoms with Crippen molar-refractivity contribution in [2.75, 3.05) is 13.1 Å². The second-order valence-corrected chi connectivity index (χ2v) is 5.39. The number of aryl methyl sites for hydroxylation is 2. The van der Waals surface area contributed by atoms with Gasteiger partial charge in [0.15, 0.2) is 0 Å². The molecule has 0 aliphatic carbocycles. The second kappa shape index (κ2) is 4.70. The largest absolute Gasteiger partial charge is 0.351 e. The third kappa shape index (κ3) is 2.36. The number of aromatic amines is 1. The van der Waals surface area contributed by atoms with E-state index in [0.717, 1.165) is 30.4 Å². The highest BCUT2D eigenvalue weighted by atomic mass is 16.1. The van der Waals surface area contributed by atoms with Gasteiger partial charge < -0.3 is 15.6 Å². The number of rotatable bonds is 2. The van der Waals surface area contributed by atoms with Gasteiger partial charge in [0.25, 0.3) is 5.91 Å². The number of benzene rings is 1. The van der Waals surface area contributed by atoms with E-state index >= 15 is 0 Å². The summed E-state index contributed by atoms with van der Waals surface area (Å²) in [5, 5.41) is 7.43. The van der Waals surface area contributed by atoms with Crippen LogP contribution in [0.4, 0.5) is 0 Å². The van der Waals surface area contributed by atoms with Crippen LogP contribution in [0.25, 0.3) is 10.9 Å². The molecule has 100 valence electrons. The van der Waals surface area contributed by atoms with E-state index in [4.69, 9.17) is 0 Å². The molecule has 1 aliphatic rings. The van der Waals surface area contributed by atoms with Gasteiger partial charge in [-0.25, -0.2) is 0 Å². The summed E-state index contributed by atoms with van der Waals surface area (Å²) in [6, 6.07) is 6.42. The Morgan fingerprint density at radius 1 is 1.32 bits per heavy atom. The zero-order valence-corrected chi connectivity index (χ0v) is 11.3. The summed E-state index contributed by atoms with van der Waals surface area (Å²) in [5.74, 6) is -0.0121. The summed E-state index contributed by atoms with van der Waals surface area (Å²) >= 11 is 0. The van der Waals surface area contributed by atoms with Crippen molar-refractivity contribution in [3.05, 3.63) is 35.0 Å². The van der Waals surface area contributed by atoms with Crippen LogP contribution in [0.3, 0.4) is 0 Å². The highest BCUT2D eigenvalue weighted by Gasteiger charge is 2.18. The number of carbonyl (C=O) groups excluding carboxylic acids is 1. The molecule has 1 saturated heterocycles. The molecule has 1 aromatic carbocycles. The van der Waals surface area contributed by atoms with E-state index in [0.29, 0.717) is 5.69 Å². The van der Waals surface area contributed by atoms with Gasteiger partial charge in [0, 0.05) is 23.5 Å². The molecule has 2 heterocycles. The first-order chi connectivity index (χ1) is 9.13. The van der Waals surface area contributed by atoms with Crippen molar-refractivity contribution in [1.29, 1.82) is 0 Å². The fourth-order valence-electron chi connectivity index (χ4n) is 2.76. The fraction of sp³-hybridized carbons (Fsp3) is 0.400. The molecule has 3 N–H and O–H groups in total. The van der Waals surface area contributed by atoms with E-state index in [1.54, 1.807) is 0 Å². The van der Waals surface area contributed by atoms with Crippen molar-refractivity contribution in [3.8, 4) is 0 Å². The van der Waals surface area contributed by atoms with Crippen molar-refractivity contribution in [1.82, 2.24) is 15.6 Å². The van der Waals surface area contributed by atoms with Crippen LogP contribution in [0.15, 0.2) is 18.2 Å². The standard InChI is InChI=1S/C15H19N3O/c1-9-5-10(2)12-7-14(18-13(12)6-9)15(19)17-11-3-4-16-8-11/h5-7,11,16,18H,3-4,8H2,1-2H3,(H,17,19). The second-order valence-electron chi connectivity index (χ2n) is 5.39. The Bertz CT molecular complexity index is 624. The van der Waals surface area contributed by atoms with Gasteiger partial charge in [0.05, 0.1) is 0 Å². The van der Waals surface area contributed by atoms with Gasteiger partial charge in [0.1, 0.15) is 5.69 Å². The van der Waals surface area contributed by atoms with E-state index in [1.165, 1.54) is 11.1 Å². The van der Waals surface area contributed by atoms with Crippen LogP contribution in [0, 0.1) is 13.8 Å². The van der Waals surface area contributed by atoms with E-state index in [9.17, 15) is 4.79 Å². The zero-order chi connectivity index (χ0) is 13.4. The van der Waals surface area contributed by atoms with Gasteiger partial charge in [0.2, 0.25) is 0 Å². The maximum absolute atomic E-state index is 12.2. The molecule has 0 saturated carbocycles. The molecule has 1 aromatic heterocycles. The molecular weight excluding hydrogens is 238 g/mol. The molecule has 2 aromatic rings.